The Kier molecular flexibility index (Phi) is 6.43. The normalized spacial score (nSPS) is 17.2. The van der Waals surface area contributed by atoms with Gasteiger partial charge in [-0.25, -0.2) is 8.42 Å². The van der Waals surface area contributed by atoms with Crippen LogP contribution in [0.3, 0.4) is 0 Å². The highest BCUT2D eigenvalue weighted by atomic mass is 32.2. The van der Waals surface area contributed by atoms with Crippen LogP contribution in [0.1, 0.15) is 29.5 Å². The SMILES string of the molecule is Cc1ccc(S(=O)(=O)N(Cc2ccc(N(C)C)cc2)C[C@H]2CCCO2)cc1C. The van der Waals surface area contributed by atoms with Crippen molar-refractivity contribution in [2.24, 2.45) is 0 Å². The third-order valence-corrected chi connectivity index (χ3v) is 7.17. The minimum atomic E-state index is -3.61. The van der Waals surface area contributed by atoms with E-state index in [1.807, 2.05) is 63.2 Å². The zero-order valence-electron chi connectivity index (χ0n) is 17.2. The summed E-state index contributed by atoms with van der Waals surface area (Å²) in [5.41, 5.74) is 4.12. The predicted octanol–water partition coefficient (Wildman–Crippen LogP) is 3.74. The molecule has 1 aliphatic rings. The van der Waals surface area contributed by atoms with Crippen molar-refractivity contribution >= 4 is 15.7 Å². The van der Waals surface area contributed by atoms with Crippen molar-refractivity contribution in [3.8, 4) is 0 Å². The molecule has 152 valence electrons. The van der Waals surface area contributed by atoms with Gasteiger partial charge in [0, 0.05) is 39.5 Å². The monoisotopic (exact) mass is 402 g/mol. The summed E-state index contributed by atoms with van der Waals surface area (Å²) < 4.78 is 34.2. The number of aryl methyl sites for hydroxylation is 2. The Balaban J connectivity index is 1.89. The Morgan fingerprint density at radius 1 is 1.04 bits per heavy atom. The lowest BCUT2D eigenvalue weighted by Crippen LogP contribution is -2.37. The summed E-state index contributed by atoms with van der Waals surface area (Å²) in [7, 11) is 0.368. The van der Waals surface area contributed by atoms with Gasteiger partial charge < -0.3 is 9.64 Å². The lowest BCUT2D eigenvalue weighted by Gasteiger charge is -2.25. The summed E-state index contributed by atoms with van der Waals surface area (Å²) in [4.78, 5) is 2.37. The van der Waals surface area contributed by atoms with Crippen LogP contribution in [0.25, 0.3) is 0 Å². The van der Waals surface area contributed by atoms with Crippen LogP contribution in [0.15, 0.2) is 47.4 Å². The number of ether oxygens (including phenoxy) is 1. The third-order valence-electron chi connectivity index (χ3n) is 5.36. The van der Waals surface area contributed by atoms with E-state index in [1.54, 1.807) is 16.4 Å². The van der Waals surface area contributed by atoms with Crippen molar-refractivity contribution in [1.82, 2.24) is 4.31 Å². The molecule has 0 unspecified atom stereocenters. The van der Waals surface area contributed by atoms with E-state index >= 15 is 0 Å². The summed E-state index contributed by atoms with van der Waals surface area (Å²) in [5.74, 6) is 0. The second-order valence-electron chi connectivity index (χ2n) is 7.74. The van der Waals surface area contributed by atoms with Gasteiger partial charge in [-0.3, -0.25) is 0 Å². The molecule has 1 heterocycles. The van der Waals surface area contributed by atoms with E-state index in [0.29, 0.717) is 24.6 Å². The fourth-order valence-electron chi connectivity index (χ4n) is 3.39. The number of hydrogen-bond acceptors (Lipinski definition) is 4. The van der Waals surface area contributed by atoms with Gasteiger partial charge >= 0.3 is 0 Å². The van der Waals surface area contributed by atoms with Gasteiger partial charge in [-0.2, -0.15) is 4.31 Å². The van der Waals surface area contributed by atoms with Crippen molar-refractivity contribution in [2.75, 3.05) is 32.1 Å². The van der Waals surface area contributed by atoms with Gasteiger partial charge in [0.2, 0.25) is 10.0 Å². The zero-order chi connectivity index (χ0) is 20.3. The molecule has 3 rings (SSSR count). The minimum Gasteiger partial charge on any atom is -0.378 e. The number of nitrogens with zero attached hydrogens (tertiary/aromatic N) is 2. The predicted molar refractivity (Wildman–Crippen MR) is 113 cm³/mol. The summed E-state index contributed by atoms with van der Waals surface area (Å²) in [6.45, 7) is 5.36. The van der Waals surface area contributed by atoms with Gasteiger partial charge in [-0.1, -0.05) is 18.2 Å². The molecule has 1 saturated heterocycles. The average molecular weight is 403 g/mol. The third kappa shape index (κ3) is 4.74. The van der Waals surface area contributed by atoms with Gasteiger partial charge in [0.25, 0.3) is 0 Å². The lowest BCUT2D eigenvalue weighted by atomic mass is 10.1. The fraction of sp³-hybridized carbons (Fsp3) is 0.455. The Morgan fingerprint density at radius 2 is 1.75 bits per heavy atom. The van der Waals surface area contributed by atoms with Crippen molar-refractivity contribution in [2.45, 2.75) is 44.2 Å². The van der Waals surface area contributed by atoms with E-state index in [4.69, 9.17) is 4.74 Å². The summed E-state index contributed by atoms with van der Waals surface area (Å²) in [6, 6.07) is 13.4. The molecular weight excluding hydrogens is 372 g/mol. The molecule has 0 aromatic heterocycles. The molecule has 0 bridgehead atoms. The number of rotatable bonds is 7. The van der Waals surface area contributed by atoms with Gasteiger partial charge in [-0.15, -0.1) is 0 Å². The first-order valence-corrected chi connectivity index (χ1v) is 11.2. The molecule has 1 atom stereocenters. The number of sulfonamides is 1. The number of hydrogen-bond donors (Lipinski definition) is 0. The summed E-state index contributed by atoms with van der Waals surface area (Å²) >= 11 is 0. The van der Waals surface area contributed by atoms with Crippen LogP contribution in [-0.2, 0) is 21.3 Å². The molecule has 0 aliphatic carbocycles. The Morgan fingerprint density at radius 3 is 2.32 bits per heavy atom. The van der Waals surface area contributed by atoms with Crippen LogP contribution in [0.5, 0.6) is 0 Å². The maximum absolute atomic E-state index is 13.4. The lowest BCUT2D eigenvalue weighted by molar-refractivity contribution is 0.0926. The molecule has 0 amide bonds. The van der Waals surface area contributed by atoms with E-state index < -0.39 is 10.0 Å². The summed E-state index contributed by atoms with van der Waals surface area (Å²) in [5, 5.41) is 0. The maximum Gasteiger partial charge on any atom is 0.243 e. The van der Waals surface area contributed by atoms with Gasteiger partial charge in [0.05, 0.1) is 11.0 Å². The van der Waals surface area contributed by atoms with Crippen LogP contribution in [0, 0.1) is 13.8 Å². The molecular formula is C22H30N2O3S. The van der Waals surface area contributed by atoms with E-state index in [0.717, 1.165) is 35.2 Å². The Labute approximate surface area is 169 Å². The molecule has 6 heteroatoms. The minimum absolute atomic E-state index is 0.0395. The molecule has 2 aromatic rings. The van der Waals surface area contributed by atoms with Gasteiger partial charge in [0.15, 0.2) is 0 Å². The maximum atomic E-state index is 13.4. The van der Waals surface area contributed by atoms with Crippen LogP contribution < -0.4 is 4.90 Å². The van der Waals surface area contributed by atoms with Crippen molar-refractivity contribution < 1.29 is 13.2 Å². The van der Waals surface area contributed by atoms with Crippen molar-refractivity contribution in [3.05, 3.63) is 59.2 Å². The second-order valence-corrected chi connectivity index (χ2v) is 9.68. The van der Waals surface area contributed by atoms with E-state index in [1.165, 1.54) is 0 Å². The molecule has 1 aliphatic heterocycles. The highest BCUT2D eigenvalue weighted by Crippen LogP contribution is 2.24. The Hall–Kier alpha value is -1.89. The van der Waals surface area contributed by atoms with Crippen LogP contribution in [0.4, 0.5) is 5.69 Å². The largest absolute Gasteiger partial charge is 0.378 e. The van der Waals surface area contributed by atoms with E-state index in [-0.39, 0.29) is 6.10 Å². The highest BCUT2D eigenvalue weighted by molar-refractivity contribution is 7.89. The molecule has 0 N–H and O–H groups in total. The van der Waals surface area contributed by atoms with Gasteiger partial charge in [-0.05, 0) is 67.6 Å². The first kappa shape index (κ1) is 20.8. The number of benzene rings is 2. The molecule has 0 saturated carbocycles. The van der Waals surface area contributed by atoms with Gasteiger partial charge in [0.1, 0.15) is 0 Å². The van der Waals surface area contributed by atoms with Crippen molar-refractivity contribution in [1.29, 1.82) is 0 Å². The highest BCUT2D eigenvalue weighted by Gasteiger charge is 2.29. The molecule has 0 radical (unpaired) electrons. The topological polar surface area (TPSA) is 49.9 Å². The molecule has 28 heavy (non-hydrogen) atoms. The molecule has 2 aromatic carbocycles. The number of anilines is 1. The standard InChI is InChI=1S/C22H30N2O3S/c1-17-7-12-22(14-18(17)2)28(25,26)24(16-21-6-5-13-27-21)15-19-8-10-20(11-9-19)23(3)4/h7-12,14,21H,5-6,13,15-16H2,1-4H3/t21-/m1/s1. The van der Waals surface area contributed by atoms with Crippen LogP contribution >= 0.6 is 0 Å². The Bertz CT molecular complexity index is 902. The van der Waals surface area contributed by atoms with Crippen molar-refractivity contribution in [3.63, 3.8) is 0 Å². The van der Waals surface area contributed by atoms with E-state index in [9.17, 15) is 8.42 Å². The fourth-order valence-corrected chi connectivity index (χ4v) is 4.94. The smallest absolute Gasteiger partial charge is 0.243 e. The quantitative estimate of drug-likeness (QED) is 0.708. The molecule has 5 nitrogen and oxygen atoms in total. The van der Waals surface area contributed by atoms with E-state index in [2.05, 4.69) is 0 Å². The second kappa shape index (κ2) is 8.64. The van der Waals surface area contributed by atoms with Crippen LogP contribution in [-0.4, -0.2) is 46.1 Å². The molecule has 0 spiro atoms. The summed E-state index contributed by atoms with van der Waals surface area (Å²) in [6.07, 6.45) is 1.85. The first-order valence-electron chi connectivity index (χ1n) is 9.72. The zero-order valence-corrected chi connectivity index (χ0v) is 18.0. The average Bonchev–Trinajstić information content (AvgIpc) is 3.17. The molecule has 1 fully saturated rings. The van der Waals surface area contributed by atoms with Crippen LogP contribution in [0.2, 0.25) is 0 Å². The first-order chi connectivity index (χ1) is 13.3.